The molecule has 0 aliphatic rings. The van der Waals surface area contributed by atoms with Crippen LogP contribution in [0.2, 0.25) is 0 Å². The SMILES string of the molecule is Cc1cccc(-c2nc(C[S@@](=O)CC(=O)N[C@@H](C)CCc3ccccc3)c(C)o2)c1. The van der Waals surface area contributed by atoms with Crippen molar-refractivity contribution in [2.45, 2.75) is 45.4 Å². The van der Waals surface area contributed by atoms with Gasteiger partial charge in [-0.05, 0) is 51.3 Å². The van der Waals surface area contributed by atoms with Gasteiger partial charge in [0.1, 0.15) is 11.5 Å². The molecule has 0 saturated heterocycles. The predicted octanol–water partition coefficient (Wildman–Crippen LogP) is 4.34. The smallest absolute Gasteiger partial charge is 0.232 e. The van der Waals surface area contributed by atoms with Crippen LogP contribution in [-0.2, 0) is 27.8 Å². The average Bonchev–Trinajstić information content (AvgIpc) is 3.07. The Morgan fingerprint density at radius 1 is 1.13 bits per heavy atom. The number of aryl methyl sites for hydroxylation is 3. The van der Waals surface area contributed by atoms with E-state index >= 15 is 0 Å². The molecule has 6 heteroatoms. The molecular weight excluding hydrogens is 396 g/mol. The molecule has 0 spiro atoms. The van der Waals surface area contributed by atoms with Gasteiger partial charge in [-0.15, -0.1) is 0 Å². The molecule has 1 amide bonds. The Balaban J connectivity index is 1.49. The van der Waals surface area contributed by atoms with E-state index in [1.165, 1.54) is 5.56 Å². The molecule has 5 nitrogen and oxygen atoms in total. The molecular formula is C24H28N2O3S. The lowest BCUT2D eigenvalue weighted by Crippen LogP contribution is -2.36. The van der Waals surface area contributed by atoms with Crippen LogP contribution in [0.25, 0.3) is 11.5 Å². The van der Waals surface area contributed by atoms with Crippen LogP contribution in [0.15, 0.2) is 59.0 Å². The summed E-state index contributed by atoms with van der Waals surface area (Å²) in [5.41, 5.74) is 3.88. The predicted molar refractivity (Wildman–Crippen MR) is 120 cm³/mol. The van der Waals surface area contributed by atoms with Gasteiger partial charge in [-0.25, -0.2) is 4.98 Å². The lowest BCUT2D eigenvalue weighted by Gasteiger charge is -2.13. The van der Waals surface area contributed by atoms with Gasteiger partial charge in [-0.2, -0.15) is 0 Å². The summed E-state index contributed by atoms with van der Waals surface area (Å²) in [5, 5.41) is 2.94. The summed E-state index contributed by atoms with van der Waals surface area (Å²) in [6.45, 7) is 5.79. The van der Waals surface area contributed by atoms with Crippen molar-refractivity contribution < 1.29 is 13.4 Å². The van der Waals surface area contributed by atoms with Gasteiger partial charge in [0.15, 0.2) is 0 Å². The highest BCUT2D eigenvalue weighted by Crippen LogP contribution is 2.23. The van der Waals surface area contributed by atoms with E-state index in [0.29, 0.717) is 17.3 Å². The van der Waals surface area contributed by atoms with E-state index in [2.05, 4.69) is 22.4 Å². The molecule has 0 aliphatic carbocycles. The first kappa shape index (κ1) is 22.0. The van der Waals surface area contributed by atoms with E-state index in [4.69, 9.17) is 4.42 Å². The monoisotopic (exact) mass is 424 g/mol. The van der Waals surface area contributed by atoms with E-state index in [0.717, 1.165) is 24.0 Å². The maximum Gasteiger partial charge on any atom is 0.232 e. The van der Waals surface area contributed by atoms with Crippen molar-refractivity contribution in [3.05, 3.63) is 77.2 Å². The maximum absolute atomic E-state index is 12.5. The number of hydrogen-bond donors (Lipinski definition) is 1. The summed E-state index contributed by atoms with van der Waals surface area (Å²) in [6, 6.07) is 18.1. The van der Waals surface area contributed by atoms with Crippen LogP contribution >= 0.6 is 0 Å². The Hall–Kier alpha value is -2.73. The zero-order valence-electron chi connectivity index (χ0n) is 17.7. The summed E-state index contributed by atoms with van der Waals surface area (Å²) < 4.78 is 18.3. The van der Waals surface area contributed by atoms with Crippen molar-refractivity contribution in [2.24, 2.45) is 0 Å². The Morgan fingerprint density at radius 2 is 1.90 bits per heavy atom. The molecule has 2 atom stereocenters. The second kappa shape index (κ2) is 10.3. The number of carbonyl (C=O) groups excluding carboxylic acids is 1. The second-order valence-corrected chi connectivity index (χ2v) is 9.07. The molecule has 0 unspecified atom stereocenters. The largest absolute Gasteiger partial charge is 0.441 e. The molecule has 0 bridgehead atoms. The van der Waals surface area contributed by atoms with Crippen LogP contribution in [-0.4, -0.2) is 26.9 Å². The van der Waals surface area contributed by atoms with E-state index < -0.39 is 10.8 Å². The van der Waals surface area contributed by atoms with Gasteiger partial charge in [-0.1, -0.05) is 48.0 Å². The second-order valence-electron chi connectivity index (χ2n) is 7.61. The molecule has 1 heterocycles. The minimum atomic E-state index is -1.35. The van der Waals surface area contributed by atoms with E-state index in [-0.39, 0.29) is 23.5 Å². The van der Waals surface area contributed by atoms with E-state index in [1.54, 1.807) is 0 Å². The number of aromatic nitrogens is 1. The summed E-state index contributed by atoms with van der Waals surface area (Å²) in [5.74, 6) is 1.11. The van der Waals surface area contributed by atoms with Crippen molar-refractivity contribution in [1.82, 2.24) is 10.3 Å². The van der Waals surface area contributed by atoms with Gasteiger partial charge in [0.05, 0.1) is 11.4 Å². The highest BCUT2D eigenvalue weighted by atomic mass is 32.2. The number of rotatable bonds is 9. The van der Waals surface area contributed by atoms with Crippen LogP contribution in [0.3, 0.4) is 0 Å². The molecule has 3 rings (SSSR count). The number of carbonyl (C=O) groups is 1. The molecule has 2 aromatic carbocycles. The highest BCUT2D eigenvalue weighted by molar-refractivity contribution is 7.84. The third kappa shape index (κ3) is 6.39. The number of nitrogens with zero attached hydrogens (tertiary/aromatic N) is 1. The fourth-order valence-corrected chi connectivity index (χ4v) is 4.28. The van der Waals surface area contributed by atoms with Gasteiger partial charge >= 0.3 is 0 Å². The standard InChI is InChI=1S/C24H28N2O3S/c1-17-8-7-11-21(14-17)24-26-22(19(3)29-24)15-30(28)16-23(27)25-18(2)12-13-20-9-5-4-6-10-20/h4-11,14,18H,12-13,15-16H2,1-3H3,(H,25,27)/t18-,30+/m0/s1. The summed E-state index contributed by atoms with van der Waals surface area (Å²) in [7, 11) is -1.35. The van der Waals surface area contributed by atoms with Crippen molar-refractivity contribution in [3.63, 3.8) is 0 Å². The topological polar surface area (TPSA) is 72.2 Å². The molecule has 30 heavy (non-hydrogen) atoms. The van der Waals surface area contributed by atoms with Gasteiger partial charge in [0.25, 0.3) is 0 Å². The minimum Gasteiger partial charge on any atom is -0.441 e. The van der Waals surface area contributed by atoms with Crippen molar-refractivity contribution in [1.29, 1.82) is 0 Å². The van der Waals surface area contributed by atoms with Crippen molar-refractivity contribution in [3.8, 4) is 11.5 Å². The summed E-state index contributed by atoms with van der Waals surface area (Å²) >= 11 is 0. The van der Waals surface area contributed by atoms with Crippen LogP contribution in [0.4, 0.5) is 0 Å². The third-order valence-electron chi connectivity index (χ3n) is 4.86. The van der Waals surface area contributed by atoms with Crippen molar-refractivity contribution >= 4 is 16.7 Å². The first-order valence-electron chi connectivity index (χ1n) is 10.1. The Morgan fingerprint density at radius 3 is 2.63 bits per heavy atom. The van der Waals surface area contributed by atoms with E-state index in [9.17, 15) is 9.00 Å². The molecule has 0 saturated carbocycles. The Bertz CT molecular complexity index is 1010. The molecule has 0 fully saturated rings. The molecule has 158 valence electrons. The van der Waals surface area contributed by atoms with Gasteiger partial charge in [0.2, 0.25) is 11.8 Å². The van der Waals surface area contributed by atoms with Gasteiger partial charge in [0, 0.05) is 22.4 Å². The molecule has 1 aromatic heterocycles. The van der Waals surface area contributed by atoms with Gasteiger partial charge < -0.3 is 9.73 Å². The van der Waals surface area contributed by atoms with Crippen LogP contribution in [0.5, 0.6) is 0 Å². The molecule has 1 N–H and O–H groups in total. The summed E-state index contributed by atoms with van der Waals surface area (Å²) in [6.07, 6.45) is 1.73. The molecule has 3 aromatic rings. The number of benzene rings is 2. The number of oxazole rings is 1. The normalized spacial score (nSPS) is 13.0. The maximum atomic E-state index is 12.5. The Labute approximate surface area is 180 Å². The quantitative estimate of drug-likeness (QED) is 0.554. The number of amides is 1. The summed E-state index contributed by atoms with van der Waals surface area (Å²) in [4.78, 5) is 16.8. The highest BCUT2D eigenvalue weighted by Gasteiger charge is 2.17. The zero-order valence-corrected chi connectivity index (χ0v) is 18.5. The van der Waals surface area contributed by atoms with Crippen molar-refractivity contribution in [2.75, 3.05) is 5.75 Å². The lowest BCUT2D eigenvalue weighted by atomic mass is 10.1. The minimum absolute atomic E-state index is 0.0245. The van der Waals surface area contributed by atoms with E-state index in [1.807, 2.05) is 63.2 Å². The lowest BCUT2D eigenvalue weighted by molar-refractivity contribution is -0.119. The first-order valence-corrected chi connectivity index (χ1v) is 11.6. The van der Waals surface area contributed by atoms with Gasteiger partial charge in [-0.3, -0.25) is 9.00 Å². The fraction of sp³-hybridized carbons (Fsp3) is 0.333. The average molecular weight is 425 g/mol. The third-order valence-corrected chi connectivity index (χ3v) is 6.04. The number of nitrogens with one attached hydrogen (secondary N) is 1. The number of hydrogen-bond acceptors (Lipinski definition) is 4. The van der Waals surface area contributed by atoms with Crippen LogP contribution in [0.1, 0.15) is 35.9 Å². The zero-order chi connectivity index (χ0) is 21.5. The molecule has 0 aliphatic heterocycles. The molecule has 0 radical (unpaired) electrons. The Kier molecular flexibility index (Phi) is 7.57. The first-order chi connectivity index (χ1) is 14.4. The van der Waals surface area contributed by atoms with Crippen LogP contribution < -0.4 is 5.32 Å². The van der Waals surface area contributed by atoms with Crippen LogP contribution in [0, 0.1) is 13.8 Å². The fourth-order valence-electron chi connectivity index (χ4n) is 3.23.